The minimum atomic E-state index is 0.516. The van der Waals surface area contributed by atoms with E-state index in [4.69, 9.17) is 9.94 Å². The van der Waals surface area contributed by atoms with Crippen LogP contribution in [-0.4, -0.2) is 19.4 Å². The fourth-order valence-corrected chi connectivity index (χ4v) is 3.72. The van der Waals surface area contributed by atoms with Gasteiger partial charge >= 0.3 is 0 Å². The highest BCUT2D eigenvalue weighted by atomic mass is 16.6. The SMILES string of the molecule is CON[C@@H]1CCC[C@@H]1CCC/C=N/N(c1ccccc1)c1ccccc1. The normalized spacial score (nSPS) is 19.9. The second kappa shape index (κ2) is 10.1. The lowest BCUT2D eigenvalue weighted by molar-refractivity contribution is 0.0474. The zero-order valence-electron chi connectivity index (χ0n) is 15.6. The van der Waals surface area contributed by atoms with Crippen molar-refractivity contribution in [3.63, 3.8) is 0 Å². The van der Waals surface area contributed by atoms with Gasteiger partial charge in [0.2, 0.25) is 0 Å². The summed E-state index contributed by atoms with van der Waals surface area (Å²) >= 11 is 0. The van der Waals surface area contributed by atoms with Crippen LogP contribution >= 0.6 is 0 Å². The number of hydroxylamine groups is 1. The third-order valence-electron chi connectivity index (χ3n) is 5.04. The number of benzene rings is 2. The predicted molar refractivity (Wildman–Crippen MR) is 109 cm³/mol. The number of unbranched alkanes of at least 4 members (excludes halogenated alkanes) is 1. The van der Waals surface area contributed by atoms with E-state index in [-0.39, 0.29) is 0 Å². The molecule has 1 aliphatic rings. The van der Waals surface area contributed by atoms with Crippen LogP contribution < -0.4 is 10.5 Å². The second-order valence-corrected chi connectivity index (χ2v) is 6.83. The van der Waals surface area contributed by atoms with Gasteiger partial charge in [-0.25, -0.2) is 5.01 Å². The van der Waals surface area contributed by atoms with Crippen molar-refractivity contribution < 1.29 is 4.84 Å². The molecular weight excluding hydrogens is 322 g/mol. The van der Waals surface area contributed by atoms with Crippen LogP contribution in [0.3, 0.4) is 0 Å². The Bertz CT molecular complexity index is 620. The molecule has 0 bridgehead atoms. The summed E-state index contributed by atoms with van der Waals surface area (Å²) in [5, 5.41) is 6.76. The number of nitrogens with one attached hydrogen (secondary N) is 1. The third-order valence-corrected chi connectivity index (χ3v) is 5.04. The average molecular weight is 351 g/mol. The fourth-order valence-electron chi connectivity index (χ4n) is 3.72. The highest BCUT2D eigenvalue weighted by molar-refractivity contribution is 5.67. The van der Waals surface area contributed by atoms with Gasteiger partial charge in [-0.05, 0) is 62.3 Å². The van der Waals surface area contributed by atoms with Crippen molar-refractivity contribution in [1.29, 1.82) is 0 Å². The molecule has 1 N–H and O–H groups in total. The van der Waals surface area contributed by atoms with Crippen LogP contribution in [0.15, 0.2) is 65.8 Å². The first kappa shape index (κ1) is 18.6. The number of para-hydroxylation sites is 2. The number of anilines is 2. The molecule has 1 fully saturated rings. The average Bonchev–Trinajstić information content (AvgIpc) is 3.13. The molecule has 1 saturated carbocycles. The van der Waals surface area contributed by atoms with Crippen LogP contribution in [-0.2, 0) is 4.84 Å². The molecule has 0 saturated heterocycles. The van der Waals surface area contributed by atoms with E-state index in [1.807, 2.05) is 47.6 Å². The highest BCUT2D eigenvalue weighted by Gasteiger charge is 2.26. The monoisotopic (exact) mass is 351 g/mol. The summed E-state index contributed by atoms with van der Waals surface area (Å²) in [5.41, 5.74) is 5.31. The van der Waals surface area contributed by atoms with Crippen molar-refractivity contribution >= 4 is 17.6 Å². The summed E-state index contributed by atoms with van der Waals surface area (Å²) in [7, 11) is 1.71. The smallest absolute Gasteiger partial charge is 0.0652 e. The summed E-state index contributed by atoms with van der Waals surface area (Å²) in [6.45, 7) is 0. The largest absolute Gasteiger partial charge is 0.305 e. The molecule has 2 aromatic rings. The minimum Gasteiger partial charge on any atom is -0.305 e. The van der Waals surface area contributed by atoms with Crippen LogP contribution in [0.2, 0.25) is 0 Å². The van der Waals surface area contributed by atoms with Crippen molar-refractivity contribution in [1.82, 2.24) is 5.48 Å². The van der Waals surface area contributed by atoms with E-state index in [0.717, 1.165) is 30.1 Å². The maximum atomic E-state index is 5.13. The molecule has 1 aliphatic carbocycles. The molecule has 0 radical (unpaired) electrons. The van der Waals surface area contributed by atoms with Crippen molar-refractivity contribution in [3.8, 4) is 0 Å². The topological polar surface area (TPSA) is 36.9 Å². The van der Waals surface area contributed by atoms with Gasteiger partial charge in [-0.1, -0.05) is 42.8 Å². The van der Waals surface area contributed by atoms with Gasteiger partial charge in [0, 0.05) is 12.3 Å². The number of nitrogens with zero attached hydrogens (tertiary/aromatic N) is 2. The van der Waals surface area contributed by atoms with E-state index < -0.39 is 0 Å². The molecule has 2 aromatic carbocycles. The van der Waals surface area contributed by atoms with Crippen LogP contribution in [0.1, 0.15) is 38.5 Å². The summed E-state index contributed by atoms with van der Waals surface area (Å²) in [6.07, 6.45) is 9.26. The summed E-state index contributed by atoms with van der Waals surface area (Å²) in [4.78, 5) is 5.13. The summed E-state index contributed by atoms with van der Waals surface area (Å²) < 4.78 is 0. The van der Waals surface area contributed by atoms with Crippen LogP contribution in [0.25, 0.3) is 0 Å². The van der Waals surface area contributed by atoms with Gasteiger partial charge < -0.3 is 4.84 Å². The van der Waals surface area contributed by atoms with Gasteiger partial charge in [0.1, 0.15) is 0 Å². The first-order valence-corrected chi connectivity index (χ1v) is 9.59. The van der Waals surface area contributed by atoms with E-state index >= 15 is 0 Å². The number of rotatable bonds is 9. The number of hydrogen-bond donors (Lipinski definition) is 1. The van der Waals surface area contributed by atoms with Crippen molar-refractivity contribution in [3.05, 3.63) is 60.7 Å². The minimum absolute atomic E-state index is 0.516. The molecule has 3 rings (SSSR count). The quantitative estimate of drug-likeness (QED) is 0.378. The van der Waals surface area contributed by atoms with Crippen LogP contribution in [0.4, 0.5) is 11.4 Å². The van der Waals surface area contributed by atoms with Gasteiger partial charge in [-0.3, -0.25) is 0 Å². The maximum absolute atomic E-state index is 5.13. The maximum Gasteiger partial charge on any atom is 0.0652 e. The highest BCUT2D eigenvalue weighted by Crippen LogP contribution is 2.30. The molecule has 0 unspecified atom stereocenters. The Labute approximate surface area is 156 Å². The molecular formula is C22H29N3O. The third kappa shape index (κ3) is 5.16. The first-order valence-electron chi connectivity index (χ1n) is 9.59. The van der Waals surface area contributed by atoms with Gasteiger partial charge in [0.25, 0.3) is 0 Å². The molecule has 2 atom stereocenters. The molecule has 0 amide bonds. The zero-order valence-corrected chi connectivity index (χ0v) is 15.6. The Balaban J connectivity index is 1.56. The van der Waals surface area contributed by atoms with Crippen molar-refractivity contribution in [2.75, 3.05) is 12.1 Å². The first-order chi connectivity index (χ1) is 12.9. The van der Waals surface area contributed by atoms with Gasteiger partial charge in [0.15, 0.2) is 0 Å². The lowest BCUT2D eigenvalue weighted by Crippen LogP contribution is -2.31. The predicted octanol–water partition coefficient (Wildman–Crippen LogP) is 5.30. The molecule has 0 aromatic heterocycles. The fraction of sp³-hybridized carbons (Fsp3) is 0.409. The van der Waals surface area contributed by atoms with Gasteiger partial charge in [0.05, 0.1) is 18.5 Å². The Morgan fingerprint density at radius 3 is 2.31 bits per heavy atom. The Kier molecular flexibility index (Phi) is 7.23. The number of hydrogen-bond acceptors (Lipinski definition) is 4. The van der Waals surface area contributed by atoms with E-state index in [1.54, 1.807) is 7.11 Å². The van der Waals surface area contributed by atoms with Gasteiger partial charge in [-0.2, -0.15) is 10.6 Å². The zero-order chi connectivity index (χ0) is 18.0. The van der Waals surface area contributed by atoms with Crippen molar-refractivity contribution in [2.24, 2.45) is 11.0 Å². The van der Waals surface area contributed by atoms with E-state index in [1.165, 1.54) is 25.7 Å². The van der Waals surface area contributed by atoms with E-state index in [9.17, 15) is 0 Å². The molecule has 0 heterocycles. The lowest BCUT2D eigenvalue weighted by atomic mass is 9.97. The molecule has 138 valence electrons. The Morgan fingerprint density at radius 2 is 1.69 bits per heavy atom. The van der Waals surface area contributed by atoms with Gasteiger partial charge in [-0.15, -0.1) is 0 Å². The lowest BCUT2D eigenvalue weighted by Gasteiger charge is -2.20. The molecule has 0 aliphatic heterocycles. The number of hydrazone groups is 1. The Morgan fingerprint density at radius 1 is 1.04 bits per heavy atom. The van der Waals surface area contributed by atoms with Crippen molar-refractivity contribution in [2.45, 2.75) is 44.6 Å². The molecule has 26 heavy (non-hydrogen) atoms. The molecule has 0 spiro atoms. The molecule has 4 nitrogen and oxygen atoms in total. The summed E-state index contributed by atoms with van der Waals surface area (Å²) in [6, 6.07) is 21.1. The molecule has 4 heteroatoms. The van der Waals surface area contributed by atoms with E-state index in [0.29, 0.717) is 6.04 Å². The standard InChI is InChI=1S/C22H29N3O/c1-26-24-22-17-10-12-19(22)11-8-9-18-23-25(20-13-4-2-5-14-20)21-15-6-3-7-16-21/h2-7,13-16,18-19,22,24H,8-12,17H2,1H3/b23-18+/t19-,22+/m0/s1. The van der Waals surface area contributed by atoms with Crippen LogP contribution in [0, 0.1) is 5.92 Å². The van der Waals surface area contributed by atoms with E-state index in [2.05, 4.69) is 29.7 Å². The summed E-state index contributed by atoms with van der Waals surface area (Å²) in [5.74, 6) is 0.725. The van der Waals surface area contributed by atoms with Crippen LogP contribution in [0.5, 0.6) is 0 Å². The Hall–Kier alpha value is -2.17. The second-order valence-electron chi connectivity index (χ2n) is 6.83.